The van der Waals surface area contributed by atoms with E-state index in [2.05, 4.69) is 55.6 Å². The average Bonchev–Trinajstić information content (AvgIpc) is 3.32. The third-order valence-corrected chi connectivity index (χ3v) is 13.1. The molecule has 9 heteroatoms. The van der Waals surface area contributed by atoms with E-state index in [1.165, 1.54) is 186 Å². The Labute approximate surface area is 405 Å². The van der Waals surface area contributed by atoms with Gasteiger partial charge in [-0.2, -0.15) is 0 Å². The van der Waals surface area contributed by atoms with Crippen LogP contribution >= 0.6 is 0 Å². The molecule has 386 valence electrons. The van der Waals surface area contributed by atoms with Gasteiger partial charge in [0.2, 0.25) is 5.91 Å². The van der Waals surface area contributed by atoms with Crippen LogP contribution in [0.1, 0.15) is 251 Å². The molecular weight excluding hydrogens is 827 g/mol. The first-order valence-electron chi connectivity index (χ1n) is 27.9. The normalized spacial score (nSPS) is 20.1. The molecule has 1 fully saturated rings. The molecule has 1 aliphatic rings. The van der Waals surface area contributed by atoms with Crippen LogP contribution in [0.15, 0.2) is 48.6 Å². The van der Waals surface area contributed by atoms with Crippen molar-refractivity contribution >= 4 is 5.91 Å². The molecule has 7 unspecified atom stereocenters. The number of carbonyl (C=O) groups excluding carboxylic acids is 1. The number of nitrogens with one attached hydrogen (secondary N) is 1. The molecule has 1 rings (SSSR count). The molecule has 1 heterocycles. The fourth-order valence-corrected chi connectivity index (χ4v) is 8.67. The van der Waals surface area contributed by atoms with Crippen LogP contribution in [0.25, 0.3) is 0 Å². The second kappa shape index (κ2) is 46.9. The number of hydrogen-bond acceptors (Lipinski definition) is 8. The maximum absolute atomic E-state index is 13.0. The fraction of sp³-hybridized carbons (Fsp3) is 0.842. The van der Waals surface area contributed by atoms with Crippen molar-refractivity contribution < 1.29 is 39.8 Å². The van der Waals surface area contributed by atoms with Crippen molar-refractivity contribution in [1.29, 1.82) is 0 Å². The summed E-state index contributed by atoms with van der Waals surface area (Å²) >= 11 is 0. The number of allylic oxidation sites excluding steroid dienone is 7. The van der Waals surface area contributed by atoms with Gasteiger partial charge in [0.15, 0.2) is 6.29 Å². The zero-order valence-electron chi connectivity index (χ0n) is 42.7. The minimum atomic E-state index is -1.57. The Morgan fingerprint density at radius 1 is 0.515 bits per heavy atom. The molecule has 6 N–H and O–H groups in total. The Kier molecular flexibility index (Phi) is 44.1. The number of aliphatic hydroxyl groups excluding tert-OH is 5. The van der Waals surface area contributed by atoms with Crippen LogP contribution < -0.4 is 5.32 Å². The highest BCUT2D eigenvalue weighted by atomic mass is 16.7. The molecule has 0 aromatic heterocycles. The zero-order valence-corrected chi connectivity index (χ0v) is 42.7. The van der Waals surface area contributed by atoms with Gasteiger partial charge in [-0.25, -0.2) is 0 Å². The Bertz CT molecular complexity index is 1170. The van der Waals surface area contributed by atoms with E-state index in [4.69, 9.17) is 9.47 Å². The molecule has 1 amide bonds. The van der Waals surface area contributed by atoms with Gasteiger partial charge in [0, 0.05) is 6.42 Å². The highest BCUT2D eigenvalue weighted by molar-refractivity contribution is 5.76. The highest BCUT2D eigenvalue weighted by Gasteiger charge is 2.44. The van der Waals surface area contributed by atoms with Crippen LogP contribution in [0.4, 0.5) is 0 Å². The van der Waals surface area contributed by atoms with Crippen LogP contribution in [-0.2, 0) is 14.3 Å². The minimum absolute atomic E-state index is 0.186. The molecule has 1 aliphatic heterocycles. The van der Waals surface area contributed by atoms with Crippen molar-refractivity contribution in [2.75, 3.05) is 13.2 Å². The first-order valence-corrected chi connectivity index (χ1v) is 27.9. The predicted octanol–water partition coefficient (Wildman–Crippen LogP) is 13.3. The number of amides is 1. The molecule has 0 bridgehead atoms. The van der Waals surface area contributed by atoms with Crippen molar-refractivity contribution in [3.05, 3.63) is 48.6 Å². The summed E-state index contributed by atoms with van der Waals surface area (Å²) in [6.45, 7) is 3.74. The molecule has 0 aromatic carbocycles. The molecule has 0 aromatic rings. The number of ether oxygens (including phenoxy) is 2. The predicted molar refractivity (Wildman–Crippen MR) is 276 cm³/mol. The summed E-state index contributed by atoms with van der Waals surface area (Å²) in [6, 6.07) is -0.820. The summed E-state index contributed by atoms with van der Waals surface area (Å²) < 4.78 is 11.2. The lowest BCUT2D eigenvalue weighted by molar-refractivity contribution is -0.302. The first kappa shape index (κ1) is 62.2. The van der Waals surface area contributed by atoms with Crippen molar-refractivity contribution in [2.24, 2.45) is 0 Å². The third kappa shape index (κ3) is 36.2. The van der Waals surface area contributed by atoms with Gasteiger partial charge in [0.05, 0.1) is 25.4 Å². The molecule has 0 spiro atoms. The van der Waals surface area contributed by atoms with Gasteiger partial charge in [0.25, 0.3) is 0 Å². The Balaban J connectivity index is 2.14. The van der Waals surface area contributed by atoms with E-state index in [0.717, 1.165) is 44.9 Å². The molecular formula is C57H105NO8. The van der Waals surface area contributed by atoms with E-state index < -0.39 is 49.5 Å². The van der Waals surface area contributed by atoms with Crippen molar-refractivity contribution in [3.8, 4) is 0 Å². The smallest absolute Gasteiger partial charge is 0.220 e. The summed E-state index contributed by atoms with van der Waals surface area (Å²) in [4.78, 5) is 13.0. The maximum Gasteiger partial charge on any atom is 0.220 e. The van der Waals surface area contributed by atoms with Crippen LogP contribution in [0.2, 0.25) is 0 Å². The molecule has 66 heavy (non-hydrogen) atoms. The molecule has 9 nitrogen and oxygen atoms in total. The standard InChI is InChI=1S/C57H105NO8/c1-3-5-7-9-11-13-15-17-18-19-20-21-22-23-24-25-26-27-28-29-30-31-32-33-34-35-37-39-41-43-45-47-53(61)58-50(49-65-57-56(64)55(63)54(62)52(48-59)66-57)51(60)46-44-42-40-38-36-16-14-12-10-8-6-4-2/h15,17,19-20,36,38,44,46,50-52,54-57,59-60,62-64H,3-14,16,18,21-35,37,39-43,45,47-49H2,1-2H3,(H,58,61)/b17-15-,20-19-,38-36+,46-44+. The van der Waals surface area contributed by atoms with E-state index in [9.17, 15) is 30.3 Å². The van der Waals surface area contributed by atoms with E-state index in [1.54, 1.807) is 6.08 Å². The molecule has 0 aliphatic carbocycles. The van der Waals surface area contributed by atoms with Gasteiger partial charge in [-0.15, -0.1) is 0 Å². The van der Waals surface area contributed by atoms with Crippen molar-refractivity contribution in [1.82, 2.24) is 5.32 Å². The lowest BCUT2D eigenvalue weighted by Crippen LogP contribution is -2.60. The minimum Gasteiger partial charge on any atom is -0.394 e. The fourth-order valence-electron chi connectivity index (χ4n) is 8.67. The second-order valence-corrected chi connectivity index (χ2v) is 19.4. The van der Waals surface area contributed by atoms with Gasteiger partial charge < -0.3 is 40.3 Å². The van der Waals surface area contributed by atoms with Crippen LogP contribution in [-0.4, -0.2) is 87.5 Å². The van der Waals surface area contributed by atoms with Crippen molar-refractivity contribution in [2.45, 2.75) is 294 Å². The molecule has 0 saturated carbocycles. The lowest BCUT2D eigenvalue weighted by Gasteiger charge is -2.40. The van der Waals surface area contributed by atoms with Gasteiger partial charge in [-0.1, -0.05) is 229 Å². The van der Waals surface area contributed by atoms with E-state index in [0.29, 0.717) is 6.42 Å². The molecule has 1 saturated heterocycles. The zero-order chi connectivity index (χ0) is 48.0. The largest absolute Gasteiger partial charge is 0.394 e. The summed E-state index contributed by atoms with van der Waals surface area (Å²) in [5.74, 6) is -0.186. The van der Waals surface area contributed by atoms with Gasteiger partial charge in [0.1, 0.15) is 24.4 Å². The SMILES string of the molecule is CCCCCCC/C=C\C/C=C\CCCCCCCCCCCCCCCCCCCCCC(=O)NC(COC1OC(CO)C(O)C(O)C1O)C(O)/C=C/CC/C=C/CCCCCCCC. The quantitative estimate of drug-likeness (QED) is 0.0261. The van der Waals surface area contributed by atoms with Crippen LogP contribution in [0, 0.1) is 0 Å². The number of aliphatic hydroxyl groups is 5. The number of carbonyl (C=O) groups is 1. The van der Waals surface area contributed by atoms with Crippen LogP contribution in [0.5, 0.6) is 0 Å². The lowest BCUT2D eigenvalue weighted by atomic mass is 9.99. The Hall–Kier alpha value is -1.85. The molecule has 0 radical (unpaired) electrons. The number of rotatable bonds is 47. The Morgan fingerprint density at radius 3 is 1.36 bits per heavy atom. The highest BCUT2D eigenvalue weighted by Crippen LogP contribution is 2.23. The Morgan fingerprint density at radius 2 is 0.909 bits per heavy atom. The van der Waals surface area contributed by atoms with E-state index >= 15 is 0 Å². The van der Waals surface area contributed by atoms with Crippen molar-refractivity contribution in [3.63, 3.8) is 0 Å². The third-order valence-electron chi connectivity index (χ3n) is 13.1. The van der Waals surface area contributed by atoms with Gasteiger partial charge in [-0.05, 0) is 64.2 Å². The summed E-state index contributed by atoms with van der Waals surface area (Å²) in [5, 5.41) is 54.3. The monoisotopic (exact) mass is 932 g/mol. The second-order valence-electron chi connectivity index (χ2n) is 19.4. The summed E-state index contributed by atoms with van der Waals surface area (Å²) in [6.07, 6.45) is 54.8. The maximum atomic E-state index is 13.0. The first-order chi connectivity index (χ1) is 32.3. The summed E-state index contributed by atoms with van der Waals surface area (Å²) in [7, 11) is 0. The van der Waals surface area contributed by atoms with Crippen LogP contribution in [0.3, 0.4) is 0 Å². The summed E-state index contributed by atoms with van der Waals surface area (Å²) in [5.41, 5.74) is 0. The topological polar surface area (TPSA) is 149 Å². The van der Waals surface area contributed by atoms with E-state index in [-0.39, 0.29) is 12.5 Å². The molecule has 7 atom stereocenters. The average molecular weight is 932 g/mol. The number of unbranched alkanes of at least 4 members (excludes halogenated alkanes) is 31. The number of hydrogen-bond donors (Lipinski definition) is 6. The van der Waals surface area contributed by atoms with Gasteiger partial charge >= 0.3 is 0 Å². The van der Waals surface area contributed by atoms with Gasteiger partial charge in [-0.3, -0.25) is 4.79 Å². The van der Waals surface area contributed by atoms with E-state index in [1.807, 2.05) is 6.08 Å².